The van der Waals surface area contributed by atoms with Crippen LogP contribution in [0.5, 0.6) is 0 Å². The molecule has 2 aromatic rings. The molecular weight excluding hydrogens is 405 g/mol. The fourth-order valence-corrected chi connectivity index (χ4v) is 3.90. The fourth-order valence-electron chi connectivity index (χ4n) is 3.66. The Bertz CT molecular complexity index is 1030. The molecule has 0 aromatic heterocycles. The zero-order chi connectivity index (χ0) is 21.7. The molecular formula is C23H21ClFN3O2. The Labute approximate surface area is 179 Å². The monoisotopic (exact) mass is 425 g/mol. The Morgan fingerprint density at radius 3 is 2.40 bits per heavy atom. The minimum atomic E-state index is -0.893. The molecule has 1 saturated heterocycles. The normalized spacial score (nSPS) is 15.3. The molecule has 1 N–H and O–H groups in total. The van der Waals surface area contributed by atoms with E-state index in [0.29, 0.717) is 49.4 Å². The lowest BCUT2D eigenvalue weighted by molar-refractivity contribution is -0.134. The van der Waals surface area contributed by atoms with Crippen LogP contribution in [0.1, 0.15) is 41.5 Å². The number of nitrogens with zero attached hydrogens (tertiary/aromatic N) is 3. The number of hydrogen-bond acceptors (Lipinski definition) is 4. The van der Waals surface area contributed by atoms with Crippen molar-refractivity contribution in [1.29, 1.82) is 10.5 Å². The first-order valence-corrected chi connectivity index (χ1v) is 10.1. The molecule has 3 rings (SSSR count). The summed E-state index contributed by atoms with van der Waals surface area (Å²) in [5.74, 6) is -0.592. The van der Waals surface area contributed by atoms with Gasteiger partial charge in [-0.25, -0.2) is 4.39 Å². The second-order valence-corrected chi connectivity index (χ2v) is 8.04. The number of hydrogen-bond donors (Lipinski definition) is 1. The first-order chi connectivity index (χ1) is 14.3. The third-order valence-electron chi connectivity index (χ3n) is 5.59. The molecule has 0 bridgehead atoms. The van der Waals surface area contributed by atoms with Crippen molar-refractivity contribution in [2.75, 3.05) is 13.1 Å². The molecule has 5 nitrogen and oxygen atoms in total. The van der Waals surface area contributed by atoms with Gasteiger partial charge in [0.05, 0.1) is 28.2 Å². The van der Waals surface area contributed by atoms with Gasteiger partial charge in [-0.1, -0.05) is 23.7 Å². The lowest BCUT2D eigenvalue weighted by atomic mass is 9.85. The number of carbonyl (C=O) groups is 1. The minimum Gasteiger partial charge on any atom is -0.390 e. The summed E-state index contributed by atoms with van der Waals surface area (Å²) in [4.78, 5) is 14.3. The molecule has 1 heterocycles. The van der Waals surface area contributed by atoms with Gasteiger partial charge >= 0.3 is 0 Å². The number of aryl methyl sites for hydroxylation is 1. The van der Waals surface area contributed by atoms with Gasteiger partial charge in [0.2, 0.25) is 5.91 Å². The molecule has 2 aromatic carbocycles. The van der Waals surface area contributed by atoms with Crippen LogP contribution in [0.4, 0.5) is 4.39 Å². The Hall–Kier alpha value is -2.93. The molecule has 154 valence electrons. The van der Waals surface area contributed by atoms with Crippen LogP contribution in [-0.4, -0.2) is 34.6 Å². The predicted molar refractivity (Wildman–Crippen MR) is 110 cm³/mol. The summed E-state index contributed by atoms with van der Waals surface area (Å²) in [6.07, 6.45) is 2.12. The fraction of sp³-hybridized carbons (Fsp3) is 0.348. The van der Waals surface area contributed by atoms with Crippen molar-refractivity contribution in [3.63, 3.8) is 0 Å². The number of aliphatic hydroxyl groups is 1. The highest BCUT2D eigenvalue weighted by molar-refractivity contribution is 6.31. The largest absolute Gasteiger partial charge is 0.390 e. The zero-order valence-electron chi connectivity index (χ0n) is 16.4. The molecule has 1 amide bonds. The summed E-state index contributed by atoms with van der Waals surface area (Å²) in [7, 11) is 0. The van der Waals surface area contributed by atoms with Crippen LogP contribution >= 0.6 is 11.6 Å². The van der Waals surface area contributed by atoms with Crippen LogP contribution in [0.15, 0.2) is 36.4 Å². The van der Waals surface area contributed by atoms with Crippen molar-refractivity contribution in [2.24, 2.45) is 0 Å². The summed E-state index contributed by atoms with van der Waals surface area (Å²) < 4.78 is 13.4. The molecule has 0 radical (unpaired) electrons. The third-order valence-corrected chi connectivity index (χ3v) is 5.90. The van der Waals surface area contributed by atoms with Gasteiger partial charge in [0.15, 0.2) is 0 Å². The first-order valence-electron chi connectivity index (χ1n) is 9.71. The van der Waals surface area contributed by atoms with E-state index in [9.17, 15) is 14.3 Å². The maximum absolute atomic E-state index is 13.4. The number of halogens is 2. The number of benzene rings is 2. The SMILES string of the molecule is N#Cc1cc(CCC2(O)CCN(C(=O)Cc3ccc(C#N)c(Cl)c3)CC2)ccc1F. The van der Waals surface area contributed by atoms with Gasteiger partial charge in [0.25, 0.3) is 0 Å². The van der Waals surface area contributed by atoms with Crippen molar-refractivity contribution >= 4 is 17.5 Å². The van der Waals surface area contributed by atoms with Crippen molar-refractivity contribution in [3.8, 4) is 12.1 Å². The lowest BCUT2D eigenvalue weighted by Gasteiger charge is -2.38. The van der Waals surface area contributed by atoms with Gasteiger partial charge in [-0.2, -0.15) is 10.5 Å². The molecule has 0 spiro atoms. The molecule has 1 aliphatic rings. The quantitative estimate of drug-likeness (QED) is 0.790. The molecule has 0 aliphatic carbocycles. The van der Waals surface area contributed by atoms with Crippen molar-refractivity contribution in [1.82, 2.24) is 4.90 Å². The van der Waals surface area contributed by atoms with E-state index in [2.05, 4.69) is 0 Å². The standard InChI is InChI=1S/C23H21ClFN3O2/c24-20-12-17(1-3-18(20)14-26)13-22(29)28-9-7-23(30,8-10-28)6-5-16-2-4-21(25)19(11-16)15-27/h1-4,11-12,30H,5-10,13H2. The van der Waals surface area contributed by atoms with Crippen LogP contribution in [0.25, 0.3) is 0 Å². The van der Waals surface area contributed by atoms with E-state index in [1.54, 1.807) is 29.2 Å². The van der Waals surface area contributed by atoms with Gasteiger partial charge in [-0.15, -0.1) is 0 Å². The smallest absolute Gasteiger partial charge is 0.226 e. The Morgan fingerprint density at radius 1 is 1.10 bits per heavy atom. The summed E-state index contributed by atoms with van der Waals surface area (Å²) in [5.41, 5.74) is 1.03. The number of piperidine rings is 1. The summed E-state index contributed by atoms with van der Waals surface area (Å²) in [5, 5.41) is 29.1. The topological polar surface area (TPSA) is 88.1 Å². The summed E-state index contributed by atoms with van der Waals surface area (Å²) in [6, 6.07) is 13.2. The van der Waals surface area contributed by atoms with Crippen molar-refractivity contribution in [3.05, 3.63) is 69.5 Å². The number of likely N-dealkylation sites (tertiary alicyclic amines) is 1. The van der Waals surface area contributed by atoms with E-state index in [1.165, 1.54) is 12.1 Å². The van der Waals surface area contributed by atoms with Crippen LogP contribution in [0.2, 0.25) is 5.02 Å². The Kier molecular flexibility index (Phi) is 6.72. The molecule has 1 fully saturated rings. The maximum Gasteiger partial charge on any atom is 0.226 e. The number of nitriles is 2. The van der Waals surface area contributed by atoms with Gasteiger partial charge in [-0.05, 0) is 61.1 Å². The van der Waals surface area contributed by atoms with E-state index in [0.717, 1.165) is 11.1 Å². The number of carbonyl (C=O) groups excluding carboxylic acids is 1. The summed E-state index contributed by atoms with van der Waals surface area (Å²) >= 11 is 6.03. The highest BCUT2D eigenvalue weighted by Gasteiger charge is 2.33. The molecule has 1 aliphatic heterocycles. The van der Waals surface area contributed by atoms with Gasteiger partial charge in [-0.3, -0.25) is 4.79 Å². The average Bonchev–Trinajstić information content (AvgIpc) is 2.74. The van der Waals surface area contributed by atoms with E-state index < -0.39 is 11.4 Å². The van der Waals surface area contributed by atoms with Crippen molar-refractivity contribution in [2.45, 2.75) is 37.7 Å². The molecule has 0 unspecified atom stereocenters. The van der Waals surface area contributed by atoms with Crippen LogP contribution in [-0.2, 0) is 17.6 Å². The van der Waals surface area contributed by atoms with Crippen LogP contribution in [0.3, 0.4) is 0 Å². The first kappa shape index (κ1) is 21.8. The second-order valence-electron chi connectivity index (χ2n) is 7.63. The van der Waals surface area contributed by atoms with Crippen molar-refractivity contribution < 1.29 is 14.3 Å². The predicted octanol–water partition coefficient (Wildman–Crippen LogP) is 3.75. The van der Waals surface area contributed by atoms with E-state index in [-0.39, 0.29) is 17.9 Å². The van der Waals surface area contributed by atoms with E-state index in [4.69, 9.17) is 22.1 Å². The van der Waals surface area contributed by atoms with Crippen LogP contribution in [0, 0.1) is 28.5 Å². The van der Waals surface area contributed by atoms with Gasteiger partial charge in [0, 0.05) is 13.1 Å². The third kappa shape index (κ3) is 5.16. The van der Waals surface area contributed by atoms with E-state index >= 15 is 0 Å². The molecule has 0 saturated carbocycles. The Morgan fingerprint density at radius 2 is 1.77 bits per heavy atom. The summed E-state index contributed by atoms with van der Waals surface area (Å²) in [6.45, 7) is 0.901. The molecule has 7 heteroatoms. The highest BCUT2D eigenvalue weighted by atomic mass is 35.5. The second kappa shape index (κ2) is 9.26. The number of amides is 1. The van der Waals surface area contributed by atoms with E-state index in [1.807, 2.05) is 12.1 Å². The maximum atomic E-state index is 13.4. The van der Waals surface area contributed by atoms with Crippen LogP contribution < -0.4 is 0 Å². The number of rotatable bonds is 5. The molecule has 0 atom stereocenters. The van der Waals surface area contributed by atoms with Gasteiger partial charge in [0.1, 0.15) is 18.0 Å². The van der Waals surface area contributed by atoms with Gasteiger partial charge < -0.3 is 10.0 Å². The minimum absolute atomic E-state index is 0.00260. The zero-order valence-corrected chi connectivity index (χ0v) is 17.1. The molecule has 30 heavy (non-hydrogen) atoms. The highest BCUT2D eigenvalue weighted by Crippen LogP contribution is 2.28. The Balaban J connectivity index is 1.53. The average molecular weight is 426 g/mol. The lowest BCUT2D eigenvalue weighted by Crippen LogP contribution is -2.47.